The van der Waals surface area contributed by atoms with Crippen LogP contribution in [-0.2, 0) is 4.79 Å². The first kappa shape index (κ1) is 16.7. The topological polar surface area (TPSA) is 42.4 Å². The Bertz CT molecular complexity index is 708. The van der Waals surface area contributed by atoms with Gasteiger partial charge in [-0.15, -0.1) is 0 Å². The van der Waals surface area contributed by atoms with Gasteiger partial charge in [0.2, 0.25) is 5.91 Å². The Balaban J connectivity index is 1.60. The van der Waals surface area contributed by atoms with Crippen molar-refractivity contribution in [2.75, 3.05) is 13.1 Å². The van der Waals surface area contributed by atoms with Gasteiger partial charge in [0, 0.05) is 43.9 Å². The second-order valence-electron chi connectivity index (χ2n) is 7.77. The fourth-order valence-corrected chi connectivity index (χ4v) is 3.14. The Kier molecular flexibility index (Phi) is 4.74. The highest BCUT2D eigenvalue weighted by atomic mass is 16.5. The van der Waals surface area contributed by atoms with Crippen LogP contribution < -0.4 is 4.74 Å². The lowest BCUT2D eigenvalue weighted by Crippen LogP contribution is -2.42. The number of amides is 1. The monoisotopic (exact) mass is 326 g/mol. The number of rotatable bonds is 3. The number of aromatic nitrogens is 1. The zero-order chi connectivity index (χ0) is 17.2. The molecule has 2 aromatic rings. The second-order valence-corrected chi connectivity index (χ2v) is 7.77. The molecule has 24 heavy (non-hydrogen) atoms. The van der Waals surface area contributed by atoms with E-state index in [0.29, 0.717) is 6.42 Å². The van der Waals surface area contributed by atoms with Crippen molar-refractivity contribution in [2.24, 2.45) is 5.41 Å². The van der Waals surface area contributed by atoms with Gasteiger partial charge in [0.15, 0.2) is 0 Å². The molecule has 4 nitrogen and oxygen atoms in total. The molecule has 128 valence electrons. The van der Waals surface area contributed by atoms with E-state index in [0.717, 1.165) is 42.6 Å². The normalized spacial score (nSPS) is 16.4. The van der Waals surface area contributed by atoms with Crippen molar-refractivity contribution >= 4 is 16.8 Å². The molecule has 3 rings (SSSR count). The van der Waals surface area contributed by atoms with E-state index in [1.54, 1.807) is 6.20 Å². The predicted octanol–water partition coefficient (Wildman–Crippen LogP) is 4.04. The van der Waals surface area contributed by atoms with Gasteiger partial charge in [-0.05, 0) is 17.5 Å². The molecule has 0 saturated carbocycles. The first-order valence-electron chi connectivity index (χ1n) is 8.70. The van der Waals surface area contributed by atoms with Crippen molar-refractivity contribution in [3.8, 4) is 5.75 Å². The number of ether oxygens (including phenoxy) is 1. The van der Waals surface area contributed by atoms with Gasteiger partial charge in [0.05, 0.1) is 0 Å². The molecule has 0 unspecified atom stereocenters. The van der Waals surface area contributed by atoms with Gasteiger partial charge in [-0.1, -0.05) is 39.0 Å². The summed E-state index contributed by atoms with van der Waals surface area (Å²) in [5.74, 6) is 1.10. The van der Waals surface area contributed by atoms with Crippen LogP contribution in [0.3, 0.4) is 0 Å². The van der Waals surface area contributed by atoms with E-state index in [9.17, 15) is 4.79 Å². The highest BCUT2D eigenvalue weighted by Gasteiger charge is 2.26. The number of hydrogen-bond acceptors (Lipinski definition) is 3. The number of carbonyl (C=O) groups is 1. The maximum Gasteiger partial charge on any atom is 0.223 e. The van der Waals surface area contributed by atoms with E-state index < -0.39 is 0 Å². The fraction of sp³-hybridized carbons (Fsp3) is 0.500. The lowest BCUT2D eigenvalue weighted by Gasteiger charge is -2.33. The van der Waals surface area contributed by atoms with E-state index in [-0.39, 0.29) is 17.4 Å². The minimum Gasteiger partial charge on any atom is -0.488 e. The Labute approximate surface area is 143 Å². The summed E-state index contributed by atoms with van der Waals surface area (Å²) in [7, 11) is 0. The number of fused-ring (bicyclic) bond motifs is 1. The molecule has 0 radical (unpaired) electrons. The van der Waals surface area contributed by atoms with Crippen LogP contribution >= 0.6 is 0 Å². The molecule has 1 amide bonds. The van der Waals surface area contributed by atoms with Gasteiger partial charge in [0.1, 0.15) is 17.4 Å². The van der Waals surface area contributed by atoms with Crippen LogP contribution in [0.25, 0.3) is 10.9 Å². The van der Waals surface area contributed by atoms with Gasteiger partial charge >= 0.3 is 0 Å². The summed E-state index contributed by atoms with van der Waals surface area (Å²) in [6.45, 7) is 7.87. The molecule has 1 aromatic carbocycles. The van der Waals surface area contributed by atoms with Crippen molar-refractivity contribution in [3.05, 3.63) is 36.5 Å². The molecule has 0 atom stereocenters. The van der Waals surface area contributed by atoms with E-state index in [1.165, 1.54) is 0 Å². The van der Waals surface area contributed by atoms with E-state index in [2.05, 4.69) is 25.8 Å². The zero-order valence-corrected chi connectivity index (χ0v) is 14.8. The Morgan fingerprint density at radius 3 is 2.62 bits per heavy atom. The third-order valence-electron chi connectivity index (χ3n) is 4.37. The average molecular weight is 326 g/mol. The summed E-state index contributed by atoms with van der Waals surface area (Å²) in [6, 6.07) is 10.0. The smallest absolute Gasteiger partial charge is 0.223 e. The van der Waals surface area contributed by atoms with Gasteiger partial charge in [-0.25, -0.2) is 0 Å². The van der Waals surface area contributed by atoms with Crippen molar-refractivity contribution in [2.45, 2.75) is 46.1 Å². The minimum atomic E-state index is 0.0407. The molecule has 0 aliphatic carbocycles. The summed E-state index contributed by atoms with van der Waals surface area (Å²) in [6.07, 6.45) is 4.30. The van der Waals surface area contributed by atoms with Crippen LogP contribution in [-0.4, -0.2) is 35.0 Å². The minimum absolute atomic E-state index is 0.0407. The van der Waals surface area contributed by atoms with Crippen LogP contribution in [0.2, 0.25) is 0 Å². The summed E-state index contributed by atoms with van der Waals surface area (Å²) >= 11 is 0. The molecular formula is C20H26N2O2. The number of pyridine rings is 1. The number of piperidine rings is 1. The molecular weight excluding hydrogens is 300 g/mol. The molecule has 1 aliphatic rings. The zero-order valence-electron chi connectivity index (χ0n) is 14.8. The predicted molar refractivity (Wildman–Crippen MR) is 96.0 cm³/mol. The Morgan fingerprint density at radius 2 is 1.92 bits per heavy atom. The lowest BCUT2D eigenvalue weighted by molar-refractivity contribution is -0.134. The van der Waals surface area contributed by atoms with E-state index in [4.69, 9.17) is 4.74 Å². The van der Waals surface area contributed by atoms with Crippen LogP contribution in [0, 0.1) is 5.41 Å². The fourth-order valence-electron chi connectivity index (χ4n) is 3.14. The first-order valence-corrected chi connectivity index (χ1v) is 8.70. The molecule has 0 spiro atoms. The third kappa shape index (κ3) is 4.05. The van der Waals surface area contributed by atoms with Crippen LogP contribution in [0.1, 0.15) is 40.0 Å². The summed E-state index contributed by atoms with van der Waals surface area (Å²) in [4.78, 5) is 18.7. The largest absolute Gasteiger partial charge is 0.488 e. The molecule has 1 saturated heterocycles. The number of benzene rings is 1. The summed E-state index contributed by atoms with van der Waals surface area (Å²) in [5.41, 5.74) is 0.949. The van der Waals surface area contributed by atoms with Gasteiger partial charge < -0.3 is 9.64 Å². The number of nitrogens with zero attached hydrogens (tertiary/aromatic N) is 2. The van der Waals surface area contributed by atoms with Crippen molar-refractivity contribution in [1.29, 1.82) is 0 Å². The highest BCUT2D eigenvalue weighted by molar-refractivity contribution is 5.84. The molecule has 1 aliphatic heterocycles. The molecule has 2 heterocycles. The third-order valence-corrected chi connectivity index (χ3v) is 4.37. The van der Waals surface area contributed by atoms with Crippen LogP contribution in [0.4, 0.5) is 0 Å². The first-order chi connectivity index (χ1) is 11.4. The Morgan fingerprint density at radius 1 is 1.21 bits per heavy atom. The average Bonchev–Trinajstić information content (AvgIpc) is 2.54. The quantitative estimate of drug-likeness (QED) is 0.855. The van der Waals surface area contributed by atoms with Crippen molar-refractivity contribution in [3.63, 3.8) is 0 Å². The maximum absolute atomic E-state index is 12.3. The number of likely N-dealkylation sites (tertiary alicyclic amines) is 1. The standard InChI is InChI=1S/C20H26N2O2/c1-20(2,3)14-18(23)22-12-9-16(10-13-22)24-17-8-4-6-15-7-5-11-21-19(15)17/h4-8,11,16H,9-10,12-14H2,1-3H3. The van der Waals surface area contributed by atoms with Crippen LogP contribution in [0.15, 0.2) is 36.5 Å². The van der Waals surface area contributed by atoms with Gasteiger partial charge in [0.25, 0.3) is 0 Å². The number of hydrogen-bond donors (Lipinski definition) is 0. The molecule has 0 N–H and O–H groups in total. The number of carbonyl (C=O) groups excluding carboxylic acids is 1. The van der Waals surface area contributed by atoms with Crippen molar-refractivity contribution in [1.82, 2.24) is 9.88 Å². The van der Waals surface area contributed by atoms with E-state index in [1.807, 2.05) is 35.2 Å². The number of para-hydroxylation sites is 1. The highest BCUT2D eigenvalue weighted by Crippen LogP contribution is 2.27. The molecule has 1 fully saturated rings. The Hall–Kier alpha value is -2.10. The van der Waals surface area contributed by atoms with E-state index >= 15 is 0 Å². The maximum atomic E-state index is 12.3. The van der Waals surface area contributed by atoms with Crippen LogP contribution in [0.5, 0.6) is 5.75 Å². The SMILES string of the molecule is CC(C)(C)CC(=O)N1CCC(Oc2cccc3cccnc23)CC1. The molecule has 0 bridgehead atoms. The second kappa shape index (κ2) is 6.80. The molecule has 4 heteroatoms. The lowest BCUT2D eigenvalue weighted by atomic mass is 9.91. The van der Waals surface area contributed by atoms with Gasteiger partial charge in [-0.2, -0.15) is 0 Å². The van der Waals surface area contributed by atoms with Gasteiger partial charge in [-0.3, -0.25) is 9.78 Å². The summed E-state index contributed by atoms with van der Waals surface area (Å²) < 4.78 is 6.20. The molecule has 1 aromatic heterocycles. The van der Waals surface area contributed by atoms with Crippen molar-refractivity contribution < 1.29 is 9.53 Å². The summed E-state index contributed by atoms with van der Waals surface area (Å²) in [5, 5.41) is 1.09.